The third-order valence-electron chi connectivity index (χ3n) is 2.97. The standard InChI is InChI=1S/C15H15F3N4O/c1-11(12-5-3-2-4-6-12)9-19-20-14(23)10-22-8-7-13(21-22)15(16,17)18/h2-9,19H,10H2,1H3,(H,20,23)/b11-9-. The maximum atomic E-state index is 12.4. The summed E-state index contributed by atoms with van der Waals surface area (Å²) < 4.78 is 38.1. The monoisotopic (exact) mass is 324 g/mol. The minimum absolute atomic E-state index is 0.318. The molecular weight excluding hydrogens is 309 g/mol. The van der Waals surface area contributed by atoms with Gasteiger partial charge < -0.3 is 5.43 Å². The van der Waals surface area contributed by atoms with Crippen molar-refractivity contribution < 1.29 is 18.0 Å². The second-order valence-corrected chi connectivity index (χ2v) is 4.78. The van der Waals surface area contributed by atoms with Crippen LogP contribution in [-0.4, -0.2) is 15.7 Å². The molecule has 2 N–H and O–H groups in total. The number of benzene rings is 1. The highest BCUT2D eigenvalue weighted by molar-refractivity contribution is 5.75. The van der Waals surface area contributed by atoms with Gasteiger partial charge in [-0.3, -0.25) is 14.9 Å². The van der Waals surface area contributed by atoms with Crippen molar-refractivity contribution in [3.63, 3.8) is 0 Å². The van der Waals surface area contributed by atoms with Crippen molar-refractivity contribution in [1.82, 2.24) is 20.6 Å². The SMILES string of the molecule is C/C(=C/NNC(=O)Cn1ccc(C(F)(F)F)n1)c1ccccc1. The first-order valence-corrected chi connectivity index (χ1v) is 6.73. The van der Waals surface area contributed by atoms with Crippen LogP contribution < -0.4 is 10.9 Å². The molecule has 122 valence electrons. The van der Waals surface area contributed by atoms with E-state index in [2.05, 4.69) is 16.0 Å². The van der Waals surface area contributed by atoms with E-state index in [0.717, 1.165) is 28.1 Å². The smallest absolute Gasteiger partial charge is 0.306 e. The van der Waals surface area contributed by atoms with Crippen molar-refractivity contribution in [1.29, 1.82) is 0 Å². The quantitative estimate of drug-likeness (QED) is 0.831. The van der Waals surface area contributed by atoms with Crippen molar-refractivity contribution in [3.05, 3.63) is 60.1 Å². The molecule has 8 heteroatoms. The van der Waals surface area contributed by atoms with Gasteiger partial charge in [0.05, 0.1) is 0 Å². The summed E-state index contributed by atoms with van der Waals surface area (Å²) in [6, 6.07) is 10.3. The van der Waals surface area contributed by atoms with Crippen molar-refractivity contribution in [2.75, 3.05) is 0 Å². The van der Waals surface area contributed by atoms with Crippen LogP contribution in [0.4, 0.5) is 13.2 Å². The molecule has 0 atom stereocenters. The molecular formula is C15H15F3N4O. The lowest BCUT2D eigenvalue weighted by molar-refractivity contribution is -0.141. The van der Waals surface area contributed by atoms with E-state index in [1.807, 2.05) is 37.3 Å². The van der Waals surface area contributed by atoms with E-state index in [1.54, 1.807) is 6.20 Å². The summed E-state index contributed by atoms with van der Waals surface area (Å²) in [7, 11) is 0. The molecule has 23 heavy (non-hydrogen) atoms. The van der Waals surface area contributed by atoms with Crippen molar-refractivity contribution in [2.45, 2.75) is 19.6 Å². The number of amides is 1. The number of halogens is 3. The average molecular weight is 324 g/mol. The Hall–Kier alpha value is -2.77. The second kappa shape index (κ2) is 6.99. The Balaban J connectivity index is 1.85. The normalized spacial score (nSPS) is 12.1. The molecule has 0 unspecified atom stereocenters. The summed E-state index contributed by atoms with van der Waals surface area (Å²) in [6.45, 7) is 1.54. The number of hydrogen-bond donors (Lipinski definition) is 2. The highest BCUT2D eigenvalue weighted by Gasteiger charge is 2.33. The topological polar surface area (TPSA) is 58.9 Å². The van der Waals surface area contributed by atoms with Crippen LogP contribution >= 0.6 is 0 Å². The van der Waals surface area contributed by atoms with Gasteiger partial charge in [-0.05, 0) is 24.1 Å². The zero-order valence-electron chi connectivity index (χ0n) is 12.3. The van der Waals surface area contributed by atoms with E-state index in [-0.39, 0.29) is 6.54 Å². The van der Waals surface area contributed by atoms with Gasteiger partial charge in [-0.25, -0.2) is 0 Å². The molecule has 0 bridgehead atoms. The molecule has 0 aliphatic rings. The Morgan fingerprint density at radius 1 is 1.26 bits per heavy atom. The lowest BCUT2D eigenvalue weighted by atomic mass is 10.1. The van der Waals surface area contributed by atoms with Crippen molar-refractivity contribution in [3.8, 4) is 0 Å². The molecule has 0 fully saturated rings. The Labute approximate surface area is 130 Å². The van der Waals surface area contributed by atoms with E-state index in [9.17, 15) is 18.0 Å². The predicted molar refractivity (Wildman–Crippen MR) is 78.6 cm³/mol. The first-order valence-electron chi connectivity index (χ1n) is 6.73. The van der Waals surface area contributed by atoms with Gasteiger partial charge >= 0.3 is 6.18 Å². The Kier molecular flexibility index (Phi) is 5.05. The van der Waals surface area contributed by atoms with Crippen LogP contribution in [0.2, 0.25) is 0 Å². The molecule has 2 rings (SSSR count). The van der Waals surface area contributed by atoms with E-state index in [4.69, 9.17) is 0 Å². The first-order chi connectivity index (χ1) is 10.9. The molecule has 1 heterocycles. The number of alkyl halides is 3. The van der Waals surface area contributed by atoms with Crippen molar-refractivity contribution in [2.24, 2.45) is 0 Å². The number of hydrazine groups is 1. The predicted octanol–water partition coefficient (Wildman–Crippen LogP) is 2.58. The summed E-state index contributed by atoms with van der Waals surface area (Å²) in [6.07, 6.45) is -1.82. The highest BCUT2D eigenvalue weighted by atomic mass is 19.4. The van der Waals surface area contributed by atoms with Crippen LogP contribution in [0.3, 0.4) is 0 Å². The Morgan fingerprint density at radius 2 is 1.96 bits per heavy atom. The molecule has 0 saturated heterocycles. The summed E-state index contributed by atoms with van der Waals surface area (Å²) in [5.74, 6) is -0.515. The third kappa shape index (κ3) is 4.87. The number of nitrogens with one attached hydrogen (secondary N) is 2. The first kappa shape index (κ1) is 16.6. The lowest BCUT2D eigenvalue weighted by Gasteiger charge is -2.07. The number of rotatable bonds is 5. The number of carbonyl (C=O) groups excluding carboxylic acids is 1. The molecule has 0 spiro atoms. The number of allylic oxidation sites excluding steroid dienone is 1. The van der Waals surface area contributed by atoms with Crippen LogP contribution in [0.1, 0.15) is 18.2 Å². The summed E-state index contributed by atoms with van der Waals surface area (Å²) in [5.41, 5.74) is 5.83. The van der Waals surface area contributed by atoms with E-state index < -0.39 is 17.8 Å². The van der Waals surface area contributed by atoms with Crippen LogP contribution in [0.15, 0.2) is 48.8 Å². The summed E-state index contributed by atoms with van der Waals surface area (Å²) >= 11 is 0. The molecule has 2 aromatic rings. The number of aromatic nitrogens is 2. The molecule has 0 radical (unpaired) electrons. The Morgan fingerprint density at radius 3 is 2.57 bits per heavy atom. The molecule has 1 aromatic carbocycles. The third-order valence-corrected chi connectivity index (χ3v) is 2.97. The van der Waals surface area contributed by atoms with Crippen LogP contribution in [0.5, 0.6) is 0 Å². The van der Waals surface area contributed by atoms with E-state index >= 15 is 0 Å². The number of hydrogen-bond acceptors (Lipinski definition) is 3. The van der Waals surface area contributed by atoms with Gasteiger partial charge in [0.2, 0.25) is 0 Å². The van der Waals surface area contributed by atoms with Gasteiger partial charge in [0.1, 0.15) is 6.54 Å². The fourth-order valence-corrected chi connectivity index (χ4v) is 1.80. The molecule has 0 aliphatic carbocycles. The Bertz CT molecular complexity index is 692. The van der Waals surface area contributed by atoms with Gasteiger partial charge in [-0.1, -0.05) is 30.3 Å². The fraction of sp³-hybridized carbons (Fsp3) is 0.200. The highest BCUT2D eigenvalue weighted by Crippen LogP contribution is 2.27. The van der Waals surface area contributed by atoms with Crippen LogP contribution in [0, 0.1) is 0 Å². The number of carbonyl (C=O) groups is 1. The van der Waals surface area contributed by atoms with Gasteiger partial charge in [-0.15, -0.1) is 0 Å². The van der Waals surface area contributed by atoms with Crippen molar-refractivity contribution >= 4 is 11.5 Å². The largest absolute Gasteiger partial charge is 0.435 e. The average Bonchev–Trinajstić information content (AvgIpc) is 2.96. The molecule has 1 aromatic heterocycles. The molecule has 0 saturated carbocycles. The molecule has 0 aliphatic heterocycles. The molecule has 1 amide bonds. The fourth-order valence-electron chi connectivity index (χ4n) is 1.80. The van der Waals surface area contributed by atoms with Gasteiger partial charge in [-0.2, -0.15) is 18.3 Å². The maximum Gasteiger partial charge on any atom is 0.435 e. The minimum atomic E-state index is -4.52. The van der Waals surface area contributed by atoms with E-state index in [1.165, 1.54) is 0 Å². The van der Waals surface area contributed by atoms with Gasteiger partial charge in [0, 0.05) is 12.4 Å². The number of nitrogens with zero attached hydrogens (tertiary/aromatic N) is 2. The lowest BCUT2D eigenvalue weighted by Crippen LogP contribution is -2.36. The minimum Gasteiger partial charge on any atom is -0.306 e. The van der Waals surface area contributed by atoms with Crippen LogP contribution in [0.25, 0.3) is 5.57 Å². The zero-order valence-corrected chi connectivity index (χ0v) is 12.3. The second-order valence-electron chi connectivity index (χ2n) is 4.78. The van der Waals surface area contributed by atoms with Crippen LogP contribution in [-0.2, 0) is 17.5 Å². The zero-order chi connectivity index (χ0) is 16.9. The van der Waals surface area contributed by atoms with Gasteiger partial charge in [0.15, 0.2) is 5.69 Å². The van der Waals surface area contributed by atoms with Gasteiger partial charge in [0.25, 0.3) is 5.91 Å². The molecule has 5 nitrogen and oxygen atoms in total. The maximum absolute atomic E-state index is 12.4. The summed E-state index contributed by atoms with van der Waals surface area (Å²) in [4.78, 5) is 11.6. The van der Waals surface area contributed by atoms with E-state index in [0.29, 0.717) is 0 Å². The summed E-state index contributed by atoms with van der Waals surface area (Å²) in [5, 5.41) is 3.30.